The van der Waals surface area contributed by atoms with Gasteiger partial charge >= 0.3 is 6.18 Å². The van der Waals surface area contributed by atoms with Crippen molar-refractivity contribution in [3.63, 3.8) is 0 Å². The van der Waals surface area contributed by atoms with Gasteiger partial charge in [-0.15, -0.1) is 0 Å². The molecule has 3 aromatic carbocycles. The predicted molar refractivity (Wildman–Crippen MR) is 148 cm³/mol. The number of rotatable bonds is 10. The van der Waals surface area contributed by atoms with Crippen molar-refractivity contribution in [3.05, 3.63) is 77.6 Å². The smallest absolute Gasteiger partial charge is 0.416 e. The highest BCUT2D eigenvalue weighted by Gasteiger charge is 2.34. The Morgan fingerprint density at radius 3 is 2.33 bits per heavy atom. The number of hydrogen-bond donors (Lipinski definition) is 0. The van der Waals surface area contributed by atoms with Crippen molar-refractivity contribution in [1.82, 2.24) is 9.36 Å². The molecule has 228 valence electrons. The van der Waals surface area contributed by atoms with Crippen molar-refractivity contribution < 1.29 is 44.6 Å². The van der Waals surface area contributed by atoms with Gasteiger partial charge in [-0.2, -0.15) is 17.5 Å². The minimum Gasteiger partial charge on any atom is -0.497 e. The summed E-state index contributed by atoms with van der Waals surface area (Å²) in [6.07, 6.45) is -2.83. The van der Waals surface area contributed by atoms with Gasteiger partial charge in [-0.1, -0.05) is 0 Å². The first-order chi connectivity index (χ1) is 20.4. The second-order valence-corrected chi connectivity index (χ2v) is 11.9. The van der Waals surface area contributed by atoms with Crippen LogP contribution in [0, 0.1) is 11.6 Å². The Morgan fingerprint density at radius 1 is 0.953 bits per heavy atom. The number of aromatic nitrogens is 2. The van der Waals surface area contributed by atoms with Crippen LogP contribution in [0.2, 0.25) is 0 Å². The number of anilines is 2. The van der Waals surface area contributed by atoms with E-state index in [1.807, 2.05) is 0 Å². The summed E-state index contributed by atoms with van der Waals surface area (Å²) < 4.78 is 119. The summed E-state index contributed by atoms with van der Waals surface area (Å²) in [5.74, 6) is -3.22. The average Bonchev–Trinajstić information content (AvgIpc) is 3.46. The Kier molecular flexibility index (Phi) is 8.34. The highest BCUT2D eigenvalue weighted by molar-refractivity contribution is 7.93. The third-order valence-corrected chi connectivity index (χ3v) is 9.15. The number of hydrogen-bond acceptors (Lipinski definition) is 9. The maximum atomic E-state index is 15.4. The van der Waals surface area contributed by atoms with Crippen molar-refractivity contribution in [3.8, 4) is 23.0 Å². The van der Waals surface area contributed by atoms with Crippen molar-refractivity contribution >= 4 is 32.4 Å². The quantitative estimate of drug-likeness (QED) is 0.188. The van der Waals surface area contributed by atoms with Gasteiger partial charge in [0.25, 0.3) is 10.0 Å². The highest BCUT2D eigenvalue weighted by atomic mass is 32.2. The molecule has 1 fully saturated rings. The fourth-order valence-electron chi connectivity index (χ4n) is 4.26. The Labute approximate surface area is 247 Å². The van der Waals surface area contributed by atoms with Crippen LogP contribution < -0.4 is 23.4 Å². The van der Waals surface area contributed by atoms with E-state index >= 15 is 8.78 Å². The van der Waals surface area contributed by atoms with Gasteiger partial charge in [0, 0.05) is 60.1 Å². The van der Waals surface area contributed by atoms with E-state index in [9.17, 15) is 21.6 Å². The lowest BCUT2D eigenvalue weighted by Gasteiger charge is -2.33. The van der Waals surface area contributed by atoms with E-state index in [1.54, 1.807) is 17.0 Å². The summed E-state index contributed by atoms with van der Waals surface area (Å²) in [5.41, 5.74) is -0.475. The number of halogens is 5. The van der Waals surface area contributed by atoms with Gasteiger partial charge in [-0.05, 0) is 30.7 Å². The zero-order valence-corrected chi connectivity index (χ0v) is 24.2. The summed E-state index contributed by atoms with van der Waals surface area (Å²) in [6, 6.07) is 8.38. The lowest BCUT2D eigenvalue weighted by Crippen LogP contribution is -2.37. The topological polar surface area (TPSA) is 94.1 Å². The predicted octanol–water partition coefficient (Wildman–Crippen LogP) is 6.25. The van der Waals surface area contributed by atoms with Crippen LogP contribution in [0.15, 0.2) is 59.8 Å². The van der Waals surface area contributed by atoms with Gasteiger partial charge in [0.15, 0.2) is 11.6 Å². The van der Waals surface area contributed by atoms with Gasteiger partial charge in [0.1, 0.15) is 34.3 Å². The molecule has 5 rings (SSSR count). The fourth-order valence-corrected chi connectivity index (χ4v) is 6.45. The number of sulfonamides is 1. The number of benzene rings is 3. The molecular formula is C27H23F5N4O5S2. The van der Waals surface area contributed by atoms with E-state index in [1.165, 1.54) is 26.4 Å². The maximum absolute atomic E-state index is 15.4. The lowest BCUT2D eigenvalue weighted by atomic mass is 10.1. The largest absolute Gasteiger partial charge is 0.497 e. The normalized spacial score (nSPS) is 13.4. The lowest BCUT2D eigenvalue weighted by molar-refractivity contribution is -0.137. The molecular weight excluding hydrogens is 619 g/mol. The van der Waals surface area contributed by atoms with Crippen molar-refractivity contribution in [2.75, 3.05) is 36.5 Å². The summed E-state index contributed by atoms with van der Waals surface area (Å²) in [5, 5.41) is -0.138. The molecule has 0 atom stereocenters. The summed E-state index contributed by atoms with van der Waals surface area (Å²) in [7, 11) is -2.01. The first-order valence-corrected chi connectivity index (χ1v) is 14.8. The fraction of sp³-hybridized carbons (Fsp3) is 0.259. The third kappa shape index (κ3) is 6.29. The van der Waals surface area contributed by atoms with Crippen molar-refractivity contribution in [2.24, 2.45) is 0 Å². The number of nitrogens with zero attached hydrogens (tertiary/aromatic N) is 4. The van der Waals surface area contributed by atoms with E-state index in [4.69, 9.17) is 14.2 Å². The van der Waals surface area contributed by atoms with Crippen LogP contribution in [0.3, 0.4) is 0 Å². The molecule has 43 heavy (non-hydrogen) atoms. The standard InChI is InChI=1S/C27H23F5N4O5S2/c1-39-19-5-4-16(23(11-19)40-2)14-36(26-33-15-34-42-26)43(37,38)25-13-21(28)24(12-22(25)29)41-20-9-17(27(30,31)32)8-18(10-20)35-6-3-7-35/h4-5,8-13,15H,3,6-7,14H2,1-2H3. The van der Waals surface area contributed by atoms with Gasteiger partial charge in [-0.3, -0.25) is 0 Å². The Balaban J connectivity index is 1.50. The molecule has 0 amide bonds. The minimum atomic E-state index is -4.82. The molecule has 2 heterocycles. The van der Waals surface area contributed by atoms with Crippen LogP contribution in [0.4, 0.5) is 32.8 Å². The third-order valence-electron chi connectivity index (χ3n) is 6.59. The SMILES string of the molecule is COc1ccc(CN(c2ncns2)S(=O)(=O)c2cc(F)c(Oc3cc(N4CCC4)cc(C(F)(F)F)c3)cc2F)c(OC)c1. The van der Waals surface area contributed by atoms with E-state index in [0.29, 0.717) is 54.1 Å². The highest BCUT2D eigenvalue weighted by Crippen LogP contribution is 2.39. The molecule has 1 aromatic heterocycles. The number of ether oxygens (including phenoxy) is 3. The maximum Gasteiger partial charge on any atom is 0.416 e. The molecule has 0 spiro atoms. The zero-order valence-electron chi connectivity index (χ0n) is 22.6. The van der Waals surface area contributed by atoms with Gasteiger partial charge < -0.3 is 19.1 Å². The molecule has 16 heteroatoms. The number of methoxy groups -OCH3 is 2. The van der Waals surface area contributed by atoms with E-state index in [-0.39, 0.29) is 16.6 Å². The van der Waals surface area contributed by atoms with Gasteiger partial charge in [0.05, 0.1) is 26.3 Å². The molecule has 0 radical (unpaired) electrons. The van der Waals surface area contributed by atoms with Crippen LogP contribution in [-0.4, -0.2) is 45.1 Å². The average molecular weight is 643 g/mol. The first kappa shape index (κ1) is 30.3. The first-order valence-electron chi connectivity index (χ1n) is 12.5. The van der Waals surface area contributed by atoms with Gasteiger partial charge in [0.2, 0.25) is 5.13 Å². The van der Waals surface area contributed by atoms with Gasteiger partial charge in [-0.25, -0.2) is 26.5 Å². The second-order valence-electron chi connectivity index (χ2n) is 9.28. The summed E-state index contributed by atoms with van der Waals surface area (Å²) >= 11 is 0.705. The Bertz CT molecular complexity index is 1730. The van der Waals surface area contributed by atoms with Crippen LogP contribution in [0.1, 0.15) is 17.5 Å². The monoisotopic (exact) mass is 642 g/mol. The molecule has 1 aliphatic heterocycles. The summed E-state index contributed by atoms with van der Waals surface area (Å²) in [6.45, 7) is 0.668. The second kappa shape index (κ2) is 11.8. The van der Waals surface area contributed by atoms with Crippen LogP contribution >= 0.6 is 11.5 Å². The van der Waals surface area contributed by atoms with Crippen LogP contribution in [-0.2, 0) is 22.7 Å². The molecule has 0 aliphatic carbocycles. The van der Waals surface area contributed by atoms with E-state index in [0.717, 1.165) is 23.1 Å². The van der Waals surface area contributed by atoms with E-state index in [2.05, 4.69) is 9.36 Å². The summed E-state index contributed by atoms with van der Waals surface area (Å²) in [4.78, 5) is 4.56. The van der Waals surface area contributed by atoms with Crippen LogP contribution in [0.25, 0.3) is 0 Å². The Morgan fingerprint density at radius 2 is 1.72 bits per heavy atom. The van der Waals surface area contributed by atoms with E-state index < -0.39 is 56.3 Å². The van der Waals surface area contributed by atoms with Crippen molar-refractivity contribution in [1.29, 1.82) is 0 Å². The molecule has 4 aromatic rings. The molecule has 0 saturated carbocycles. The molecule has 1 aliphatic rings. The minimum absolute atomic E-state index is 0.138. The molecule has 0 N–H and O–H groups in total. The number of alkyl halides is 3. The van der Waals surface area contributed by atoms with Crippen molar-refractivity contribution in [2.45, 2.75) is 24.0 Å². The molecule has 1 saturated heterocycles. The molecule has 0 unspecified atom stereocenters. The van der Waals surface area contributed by atoms with Crippen LogP contribution in [0.5, 0.6) is 23.0 Å². The zero-order chi connectivity index (χ0) is 30.9. The molecule has 0 bridgehead atoms. The Hall–Kier alpha value is -4.18. The molecule has 9 nitrogen and oxygen atoms in total.